The zero-order valence-electron chi connectivity index (χ0n) is 12.1. The number of thioether (sulfide) groups is 1. The zero-order chi connectivity index (χ0) is 16.4. The van der Waals surface area contributed by atoms with E-state index in [2.05, 4.69) is 0 Å². The van der Waals surface area contributed by atoms with E-state index >= 15 is 0 Å². The van der Waals surface area contributed by atoms with Gasteiger partial charge in [-0.05, 0) is 61.3 Å². The number of alkyl halides is 3. The molecule has 0 spiro atoms. The van der Waals surface area contributed by atoms with E-state index in [0.29, 0.717) is 38.4 Å². The Balaban J connectivity index is 0.00000264. The summed E-state index contributed by atoms with van der Waals surface area (Å²) in [4.78, 5) is -0.0153. The normalized spacial score (nSPS) is 17.7. The van der Waals surface area contributed by atoms with E-state index < -0.39 is 15.5 Å². The lowest BCUT2D eigenvalue weighted by molar-refractivity contribution is -0.0328. The fourth-order valence-corrected chi connectivity index (χ4v) is 4.36. The van der Waals surface area contributed by atoms with Gasteiger partial charge in [0.1, 0.15) is 0 Å². The summed E-state index contributed by atoms with van der Waals surface area (Å²) in [6, 6.07) is 4.80. The van der Waals surface area contributed by atoms with Crippen LogP contribution in [0.15, 0.2) is 34.1 Å². The van der Waals surface area contributed by atoms with Crippen molar-refractivity contribution >= 4 is 34.2 Å². The smallest absolute Gasteiger partial charge is 0.330 e. The van der Waals surface area contributed by atoms with Gasteiger partial charge in [0, 0.05) is 18.0 Å². The van der Waals surface area contributed by atoms with Crippen LogP contribution in [0.3, 0.4) is 0 Å². The highest BCUT2D eigenvalue weighted by Crippen LogP contribution is 2.37. The first-order chi connectivity index (χ1) is 10.2. The van der Waals surface area contributed by atoms with Gasteiger partial charge in [-0.1, -0.05) is 0 Å². The highest BCUT2D eigenvalue weighted by Gasteiger charge is 2.31. The maximum atomic E-state index is 12.4. The molecule has 1 aliphatic heterocycles. The second-order valence-electron chi connectivity index (χ2n) is 5.10. The van der Waals surface area contributed by atoms with Gasteiger partial charge in [0.2, 0.25) is 10.0 Å². The Hall–Kier alpha value is -0.480. The van der Waals surface area contributed by atoms with Crippen LogP contribution in [-0.4, -0.2) is 37.9 Å². The number of nitrogens with two attached hydrogens (primary N) is 1. The van der Waals surface area contributed by atoms with E-state index in [9.17, 15) is 21.6 Å². The first-order valence-corrected chi connectivity index (χ1v) is 9.04. The van der Waals surface area contributed by atoms with Gasteiger partial charge in [-0.3, -0.25) is 0 Å². The van der Waals surface area contributed by atoms with Crippen molar-refractivity contribution in [1.29, 1.82) is 0 Å². The third-order valence-electron chi connectivity index (χ3n) is 3.60. The molecule has 1 aromatic carbocycles. The van der Waals surface area contributed by atoms with Crippen LogP contribution >= 0.6 is 24.2 Å². The lowest BCUT2D eigenvalue weighted by Crippen LogP contribution is -2.39. The van der Waals surface area contributed by atoms with E-state index in [4.69, 9.17) is 5.73 Å². The minimum atomic E-state index is -4.38. The van der Waals surface area contributed by atoms with Gasteiger partial charge in [0.15, 0.2) is 0 Å². The van der Waals surface area contributed by atoms with Crippen LogP contribution in [0.1, 0.15) is 12.8 Å². The quantitative estimate of drug-likeness (QED) is 0.802. The van der Waals surface area contributed by atoms with Crippen molar-refractivity contribution in [2.24, 2.45) is 11.7 Å². The first-order valence-electron chi connectivity index (χ1n) is 6.78. The number of piperidine rings is 1. The van der Waals surface area contributed by atoms with Crippen LogP contribution in [0, 0.1) is 5.92 Å². The van der Waals surface area contributed by atoms with Gasteiger partial charge in [-0.15, -0.1) is 12.4 Å². The van der Waals surface area contributed by atoms with Gasteiger partial charge >= 0.3 is 5.51 Å². The van der Waals surface area contributed by atoms with Crippen LogP contribution in [0.25, 0.3) is 0 Å². The molecule has 0 atom stereocenters. The highest BCUT2D eigenvalue weighted by atomic mass is 35.5. The monoisotopic (exact) mass is 390 g/mol. The molecule has 2 rings (SSSR count). The van der Waals surface area contributed by atoms with Gasteiger partial charge < -0.3 is 5.73 Å². The van der Waals surface area contributed by atoms with Crippen LogP contribution in [0.4, 0.5) is 13.2 Å². The van der Waals surface area contributed by atoms with Crippen molar-refractivity contribution in [3.8, 4) is 0 Å². The van der Waals surface area contributed by atoms with Crippen molar-refractivity contribution < 1.29 is 21.6 Å². The van der Waals surface area contributed by atoms with Crippen LogP contribution < -0.4 is 5.73 Å². The average molecular weight is 391 g/mol. The molecule has 4 nitrogen and oxygen atoms in total. The van der Waals surface area contributed by atoms with E-state index in [0.717, 1.165) is 0 Å². The maximum Gasteiger partial charge on any atom is 0.446 e. The van der Waals surface area contributed by atoms with Crippen LogP contribution in [-0.2, 0) is 10.0 Å². The second-order valence-corrected chi connectivity index (χ2v) is 8.18. The summed E-state index contributed by atoms with van der Waals surface area (Å²) in [5.41, 5.74) is 1.19. The van der Waals surface area contributed by atoms with Gasteiger partial charge in [-0.25, -0.2) is 8.42 Å². The first kappa shape index (κ1) is 20.6. The van der Waals surface area contributed by atoms with Gasteiger partial charge in [0.25, 0.3) is 0 Å². The summed E-state index contributed by atoms with van der Waals surface area (Å²) >= 11 is -0.263. The molecule has 1 heterocycles. The van der Waals surface area contributed by atoms with Gasteiger partial charge in [-0.2, -0.15) is 17.5 Å². The highest BCUT2D eigenvalue weighted by molar-refractivity contribution is 8.00. The van der Waals surface area contributed by atoms with Crippen molar-refractivity contribution in [2.75, 3.05) is 19.6 Å². The molecule has 0 saturated carbocycles. The Morgan fingerprint density at radius 3 is 2.13 bits per heavy atom. The molecular weight excluding hydrogens is 373 g/mol. The SMILES string of the molecule is Cl.NCC1CCN(S(=O)(=O)c2ccc(SC(F)(F)F)cc2)CC1. The maximum absolute atomic E-state index is 12.4. The summed E-state index contributed by atoms with van der Waals surface area (Å²) in [7, 11) is -3.65. The minimum Gasteiger partial charge on any atom is -0.330 e. The van der Waals surface area contributed by atoms with E-state index in [1.54, 1.807) is 0 Å². The van der Waals surface area contributed by atoms with Crippen molar-refractivity contribution in [1.82, 2.24) is 4.31 Å². The summed E-state index contributed by atoms with van der Waals surface area (Å²) in [6.07, 6.45) is 1.41. The molecule has 0 aromatic heterocycles. The molecule has 0 amide bonds. The molecule has 0 bridgehead atoms. The average Bonchev–Trinajstić information content (AvgIpc) is 2.46. The molecule has 0 aliphatic carbocycles. The topological polar surface area (TPSA) is 63.4 Å². The molecule has 1 fully saturated rings. The Kier molecular flexibility index (Phi) is 7.21. The zero-order valence-corrected chi connectivity index (χ0v) is 14.6. The number of hydrogen-bond acceptors (Lipinski definition) is 4. The summed E-state index contributed by atoms with van der Waals surface area (Å²) in [6.45, 7) is 1.32. The predicted molar refractivity (Wildman–Crippen MR) is 86.1 cm³/mol. The Labute approximate surface area is 144 Å². The van der Waals surface area contributed by atoms with Crippen molar-refractivity contribution in [2.45, 2.75) is 28.1 Å². The largest absolute Gasteiger partial charge is 0.446 e. The predicted octanol–water partition coefficient (Wildman–Crippen LogP) is 3.08. The molecule has 23 heavy (non-hydrogen) atoms. The summed E-state index contributed by atoms with van der Waals surface area (Å²) in [5.74, 6) is 0.331. The molecule has 132 valence electrons. The van der Waals surface area contributed by atoms with Crippen molar-refractivity contribution in [3.05, 3.63) is 24.3 Å². The molecule has 1 aromatic rings. The molecule has 0 radical (unpaired) electrons. The van der Waals surface area contributed by atoms with E-state index in [1.165, 1.54) is 28.6 Å². The Bertz CT molecular complexity index is 601. The van der Waals surface area contributed by atoms with Crippen LogP contribution in [0.5, 0.6) is 0 Å². The number of halogens is 4. The van der Waals surface area contributed by atoms with Gasteiger partial charge in [0.05, 0.1) is 4.90 Å². The molecule has 0 unspecified atom stereocenters. The lowest BCUT2D eigenvalue weighted by Gasteiger charge is -2.30. The molecular formula is C13H18ClF3N2O2S2. The third-order valence-corrected chi connectivity index (χ3v) is 6.25. The van der Waals surface area contributed by atoms with Crippen LogP contribution in [0.2, 0.25) is 0 Å². The number of rotatable bonds is 4. The number of hydrogen-bond donors (Lipinski definition) is 1. The minimum absolute atomic E-state index is 0. The van der Waals surface area contributed by atoms with E-state index in [-0.39, 0.29) is 34.0 Å². The number of benzene rings is 1. The number of sulfonamides is 1. The van der Waals surface area contributed by atoms with E-state index in [1.807, 2.05) is 0 Å². The molecule has 1 aliphatic rings. The fraction of sp³-hybridized carbons (Fsp3) is 0.538. The summed E-state index contributed by atoms with van der Waals surface area (Å²) in [5, 5.41) is 0. The standard InChI is InChI=1S/C13H17F3N2O2S2.ClH/c14-13(15,16)21-11-1-3-12(4-2-11)22(19,20)18-7-5-10(9-17)6-8-18;/h1-4,10H,5-9,17H2;1H. The molecule has 2 N–H and O–H groups in total. The third kappa shape index (κ3) is 5.53. The summed E-state index contributed by atoms with van der Waals surface area (Å²) < 4.78 is 63.0. The lowest BCUT2D eigenvalue weighted by atomic mass is 9.99. The second kappa shape index (κ2) is 8.06. The fourth-order valence-electron chi connectivity index (χ4n) is 2.35. The Morgan fingerprint density at radius 2 is 1.70 bits per heavy atom. The Morgan fingerprint density at radius 1 is 1.17 bits per heavy atom. The molecule has 10 heteroatoms. The van der Waals surface area contributed by atoms with Crippen molar-refractivity contribution in [3.63, 3.8) is 0 Å². The molecule has 1 saturated heterocycles. The number of nitrogens with zero attached hydrogens (tertiary/aromatic N) is 1.